The number of nitrogens with zero attached hydrogens (tertiary/aromatic N) is 3. The van der Waals surface area contributed by atoms with Crippen LogP contribution < -0.4 is 0 Å². The Hall–Kier alpha value is -2.71. The third-order valence-corrected chi connectivity index (χ3v) is 9.70. The molecule has 3 rings (SSSR count). The summed E-state index contributed by atoms with van der Waals surface area (Å²) in [5.41, 5.74) is -0.123. The maximum atomic E-state index is 13.6. The molecular formula is C22H26F3N3O6S2. The fourth-order valence-corrected chi connectivity index (χ4v) is 6.52. The van der Waals surface area contributed by atoms with Crippen LogP contribution in [0.1, 0.15) is 49.0 Å². The third kappa shape index (κ3) is 5.34. The van der Waals surface area contributed by atoms with Crippen LogP contribution >= 0.6 is 0 Å². The summed E-state index contributed by atoms with van der Waals surface area (Å²) in [5.74, 6) is -0.434. The van der Waals surface area contributed by atoms with Gasteiger partial charge in [-0.3, -0.25) is 9.48 Å². The fourth-order valence-electron chi connectivity index (χ4n) is 4.04. The zero-order chi connectivity index (χ0) is 27.1. The van der Waals surface area contributed by atoms with Gasteiger partial charge >= 0.3 is 12.1 Å². The van der Waals surface area contributed by atoms with E-state index in [0.29, 0.717) is 48.7 Å². The second-order valence-corrected chi connectivity index (χ2v) is 12.6. The SMILES string of the molecule is C=C(C)S(=O)(=O)c1cc(C(F)(F)F)cc(S(=O)(=O)N(C)[C@@H]2CCCc3c2cnn3CCC(=O)OC)c1. The minimum Gasteiger partial charge on any atom is -0.469 e. The normalized spacial score (nSPS) is 16.6. The number of halogens is 3. The first kappa shape index (κ1) is 27.9. The molecule has 1 aromatic carbocycles. The molecule has 1 aliphatic carbocycles. The van der Waals surface area contributed by atoms with Gasteiger partial charge in [0.15, 0.2) is 0 Å². The number of carbonyl (C=O) groups is 1. The lowest BCUT2D eigenvalue weighted by Crippen LogP contribution is -2.33. The summed E-state index contributed by atoms with van der Waals surface area (Å²) in [4.78, 5) is 9.46. The van der Waals surface area contributed by atoms with Gasteiger partial charge in [0.05, 0.1) is 47.7 Å². The molecule has 0 unspecified atom stereocenters. The second-order valence-electron chi connectivity index (χ2n) is 8.42. The first-order valence-corrected chi connectivity index (χ1v) is 13.8. The number of benzene rings is 1. The van der Waals surface area contributed by atoms with Crippen molar-refractivity contribution in [2.24, 2.45) is 0 Å². The van der Waals surface area contributed by atoms with Crippen molar-refractivity contribution >= 4 is 25.8 Å². The van der Waals surface area contributed by atoms with Crippen LogP contribution in [0.5, 0.6) is 0 Å². The van der Waals surface area contributed by atoms with Crippen LogP contribution in [0.3, 0.4) is 0 Å². The Morgan fingerprint density at radius 2 is 1.86 bits per heavy atom. The molecule has 9 nitrogen and oxygen atoms in total. The Labute approximate surface area is 207 Å². The van der Waals surface area contributed by atoms with Crippen molar-refractivity contribution < 1.29 is 39.5 Å². The molecule has 36 heavy (non-hydrogen) atoms. The van der Waals surface area contributed by atoms with Gasteiger partial charge in [-0.2, -0.15) is 22.6 Å². The Balaban J connectivity index is 2.05. The zero-order valence-electron chi connectivity index (χ0n) is 19.9. The van der Waals surface area contributed by atoms with Gasteiger partial charge in [-0.25, -0.2) is 16.8 Å². The Morgan fingerprint density at radius 3 is 2.44 bits per heavy atom. The number of methoxy groups -OCH3 is 1. The van der Waals surface area contributed by atoms with E-state index in [9.17, 15) is 34.8 Å². The van der Waals surface area contributed by atoms with Gasteiger partial charge in [0.25, 0.3) is 0 Å². The molecule has 0 spiro atoms. The highest BCUT2D eigenvalue weighted by molar-refractivity contribution is 7.95. The maximum absolute atomic E-state index is 13.6. The minimum absolute atomic E-state index is 0.0631. The fraction of sp³-hybridized carbons (Fsp3) is 0.455. The lowest BCUT2D eigenvalue weighted by molar-refractivity contribution is -0.141. The molecule has 0 saturated carbocycles. The van der Waals surface area contributed by atoms with Gasteiger partial charge in [-0.15, -0.1) is 0 Å². The number of allylic oxidation sites excluding steroid dienone is 1. The van der Waals surface area contributed by atoms with Crippen LogP contribution in [-0.4, -0.2) is 51.0 Å². The van der Waals surface area contributed by atoms with E-state index in [1.165, 1.54) is 20.4 Å². The summed E-state index contributed by atoms with van der Waals surface area (Å²) in [6, 6.07) is 0.787. The van der Waals surface area contributed by atoms with Crippen molar-refractivity contribution in [3.8, 4) is 0 Å². The molecule has 1 aromatic heterocycles. The van der Waals surface area contributed by atoms with Gasteiger partial charge in [0.2, 0.25) is 19.9 Å². The molecule has 0 radical (unpaired) electrons. The number of fused-ring (bicyclic) bond motifs is 1. The maximum Gasteiger partial charge on any atom is 0.416 e. The third-order valence-electron chi connectivity index (χ3n) is 6.08. The summed E-state index contributed by atoms with van der Waals surface area (Å²) in [5, 5.41) is 4.25. The number of sulfone groups is 1. The molecule has 0 aliphatic heterocycles. The summed E-state index contributed by atoms with van der Waals surface area (Å²) in [7, 11) is -6.46. The Bertz CT molecular complexity index is 1400. The van der Waals surface area contributed by atoms with Gasteiger partial charge in [0, 0.05) is 23.2 Å². The molecule has 0 saturated heterocycles. The number of rotatable bonds is 8. The van der Waals surface area contributed by atoms with E-state index in [1.54, 1.807) is 4.68 Å². The van der Waals surface area contributed by atoms with Crippen LogP contribution in [0.2, 0.25) is 0 Å². The van der Waals surface area contributed by atoms with E-state index in [4.69, 9.17) is 0 Å². The lowest BCUT2D eigenvalue weighted by Gasteiger charge is -2.31. The number of aryl methyl sites for hydroxylation is 1. The largest absolute Gasteiger partial charge is 0.469 e. The zero-order valence-corrected chi connectivity index (χ0v) is 21.5. The highest BCUT2D eigenvalue weighted by atomic mass is 32.2. The number of hydrogen-bond acceptors (Lipinski definition) is 7. The standard InChI is InChI=1S/C22H26F3N3O6S2/c1-14(2)35(30,31)16-10-15(22(23,24)25)11-17(12-16)36(32,33)27(3)19-6-5-7-20-18(19)13-26-28(20)9-8-21(29)34-4/h10-13,19H,1,5-9H2,2-4H3/t19-/m1/s1. The highest BCUT2D eigenvalue weighted by Crippen LogP contribution is 2.39. The van der Waals surface area contributed by atoms with Crippen molar-refractivity contribution in [2.75, 3.05) is 14.2 Å². The molecule has 0 N–H and O–H groups in total. The van der Waals surface area contributed by atoms with E-state index in [0.717, 1.165) is 11.2 Å². The van der Waals surface area contributed by atoms with Crippen LogP contribution in [0.25, 0.3) is 0 Å². The lowest BCUT2D eigenvalue weighted by atomic mass is 9.93. The number of sulfonamides is 1. The smallest absolute Gasteiger partial charge is 0.416 e. The van der Waals surface area contributed by atoms with Crippen LogP contribution in [0, 0.1) is 0 Å². The second kappa shape index (κ2) is 9.98. The first-order valence-electron chi connectivity index (χ1n) is 10.8. The average Bonchev–Trinajstić information content (AvgIpc) is 3.24. The predicted molar refractivity (Wildman–Crippen MR) is 123 cm³/mol. The van der Waals surface area contributed by atoms with E-state index >= 15 is 0 Å². The molecule has 0 bridgehead atoms. The number of alkyl halides is 3. The van der Waals surface area contributed by atoms with E-state index in [-0.39, 0.29) is 13.0 Å². The van der Waals surface area contributed by atoms with Gasteiger partial charge < -0.3 is 4.74 Å². The number of ether oxygens (including phenoxy) is 1. The number of aromatic nitrogens is 2. The van der Waals surface area contributed by atoms with Crippen molar-refractivity contribution in [1.82, 2.24) is 14.1 Å². The van der Waals surface area contributed by atoms with Crippen LogP contribution in [0.15, 0.2) is 45.7 Å². The van der Waals surface area contributed by atoms with E-state index in [1.807, 2.05) is 0 Å². The van der Waals surface area contributed by atoms with Crippen LogP contribution in [0.4, 0.5) is 13.2 Å². The number of esters is 1. The molecular weight excluding hydrogens is 523 g/mol. The molecule has 14 heteroatoms. The van der Waals surface area contributed by atoms with Gasteiger partial charge in [-0.1, -0.05) is 6.58 Å². The summed E-state index contributed by atoms with van der Waals surface area (Å²) in [6.07, 6.45) is -1.92. The minimum atomic E-state index is -4.98. The topological polar surface area (TPSA) is 116 Å². The van der Waals surface area contributed by atoms with Gasteiger partial charge in [0.1, 0.15) is 0 Å². The van der Waals surface area contributed by atoms with Crippen molar-refractivity contribution in [1.29, 1.82) is 0 Å². The summed E-state index contributed by atoms with van der Waals surface area (Å²) in [6.45, 7) is 4.62. The number of hydrogen-bond donors (Lipinski definition) is 0. The average molecular weight is 550 g/mol. The molecule has 2 aromatic rings. The van der Waals surface area contributed by atoms with Crippen LogP contribution in [-0.2, 0) is 48.5 Å². The molecule has 198 valence electrons. The van der Waals surface area contributed by atoms with E-state index < -0.39 is 58.3 Å². The quantitative estimate of drug-likeness (QED) is 0.463. The highest BCUT2D eigenvalue weighted by Gasteiger charge is 2.38. The molecule has 0 amide bonds. The number of carbonyl (C=O) groups excluding carboxylic acids is 1. The molecule has 1 aliphatic rings. The Kier molecular flexibility index (Phi) is 7.72. The van der Waals surface area contributed by atoms with E-state index in [2.05, 4.69) is 16.4 Å². The van der Waals surface area contributed by atoms with Gasteiger partial charge in [-0.05, 0) is 44.4 Å². The summed E-state index contributed by atoms with van der Waals surface area (Å²) >= 11 is 0. The predicted octanol–water partition coefficient (Wildman–Crippen LogP) is 3.47. The first-order chi connectivity index (χ1) is 16.6. The Morgan fingerprint density at radius 1 is 1.22 bits per heavy atom. The molecule has 1 heterocycles. The van der Waals surface area contributed by atoms with Crippen molar-refractivity contribution in [3.05, 3.63) is 52.7 Å². The molecule has 1 atom stereocenters. The van der Waals surface area contributed by atoms with Crippen molar-refractivity contribution in [2.45, 2.75) is 61.2 Å². The van der Waals surface area contributed by atoms with Crippen molar-refractivity contribution in [3.63, 3.8) is 0 Å². The molecule has 0 fully saturated rings. The monoisotopic (exact) mass is 549 g/mol. The summed E-state index contributed by atoms with van der Waals surface area (Å²) < 4.78 is 99.9.